The number of hydrogen-bond donors (Lipinski definition) is 2. The first-order valence-electron chi connectivity index (χ1n) is 5.50. The van der Waals surface area contributed by atoms with Crippen LogP contribution in [0.2, 0.25) is 0 Å². The third-order valence-corrected chi connectivity index (χ3v) is 4.88. The van der Waals surface area contributed by atoms with Gasteiger partial charge in [-0.05, 0) is 31.6 Å². The first-order chi connectivity index (χ1) is 7.21. The molecule has 0 amide bonds. The van der Waals surface area contributed by atoms with E-state index >= 15 is 0 Å². The van der Waals surface area contributed by atoms with Gasteiger partial charge in [-0.2, -0.15) is 0 Å². The van der Waals surface area contributed by atoms with Gasteiger partial charge >= 0.3 is 0 Å². The van der Waals surface area contributed by atoms with Crippen molar-refractivity contribution in [3.63, 3.8) is 0 Å². The van der Waals surface area contributed by atoms with Crippen molar-refractivity contribution >= 4 is 11.3 Å². The molecule has 2 N–H and O–H groups in total. The summed E-state index contributed by atoms with van der Waals surface area (Å²) in [4.78, 5) is 4.25. The highest BCUT2D eigenvalue weighted by Crippen LogP contribution is 2.52. The van der Waals surface area contributed by atoms with E-state index in [0.717, 1.165) is 30.7 Å². The third kappa shape index (κ3) is 1.35. The van der Waals surface area contributed by atoms with Crippen LogP contribution in [0.1, 0.15) is 36.6 Å². The summed E-state index contributed by atoms with van der Waals surface area (Å²) in [5.41, 5.74) is -0.702. The lowest BCUT2D eigenvalue weighted by atomic mass is 9.60. The van der Waals surface area contributed by atoms with Crippen molar-refractivity contribution in [3.8, 4) is 0 Å². The maximum atomic E-state index is 10.5. The van der Waals surface area contributed by atoms with Crippen LogP contribution in [0.4, 0.5) is 0 Å². The second-order valence-corrected chi connectivity index (χ2v) is 5.71. The predicted molar refractivity (Wildman–Crippen MR) is 57.8 cm³/mol. The summed E-state index contributed by atoms with van der Waals surface area (Å²) >= 11 is 1.54. The second-order valence-electron chi connectivity index (χ2n) is 4.78. The summed E-state index contributed by atoms with van der Waals surface area (Å²) < 4.78 is 0. The highest BCUT2D eigenvalue weighted by molar-refractivity contribution is 7.09. The first-order valence-corrected chi connectivity index (χ1v) is 6.38. The van der Waals surface area contributed by atoms with E-state index in [2.05, 4.69) is 4.98 Å². The van der Waals surface area contributed by atoms with Gasteiger partial charge in [-0.3, -0.25) is 0 Å². The molecule has 1 aromatic rings. The molecule has 3 aliphatic carbocycles. The Bertz CT molecular complexity index is 343. The molecule has 0 spiro atoms. The molecule has 0 saturated heterocycles. The fraction of sp³-hybridized carbons (Fsp3) is 0.727. The molecule has 4 rings (SSSR count). The van der Waals surface area contributed by atoms with E-state index in [4.69, 9.17) is 0 Å². The van der Waals surface area contributed by atoms with Gasteiger partial charge in [0.1, 0.15) is 5.01 Å². The average molecular weight is 225 g/mol. The van der Waals surface area contributed by atoms with Crippen molar-refractivity contribution < 1.29 is 10.2 Å². The molecule has 0 aliphatic heterocycles. The van der Waals surface area contributed by atoms with Crippen LogP contribution in [-0.4, -0.2) is 26.9 Å². The molecular formula is C11H15NO2S. The molecule has 2 atom stereocenters. The molecule has 82 valence electrons. The number of aliphatic hydroxyl groups excluding tert-OH is 1. The first kappa shape index (κ1) is 9.75. The van der Waals surface area contributed by atoms with Gasteiger partial charge in [0.15, 0.2) is 0 Å². The standard InChI is InChI=1S/C11H15NO2S/c13-9-7-1-3-11(14,4-2-7)8(9)10-12-5-6-15-10/h5-9,13-14H,1-4H2. The van der Waals surface area contributed by atoms with E-state index in [0.29, 0.717) is 5.92 Å². The van der Waals surface area contributed by atoms with Gasteiger partial charge in [-0.15, -0.1) is 11.3 Å². The summed E-state index contributed by atoms with van der Waals surface area (Å²) in [5, 5.41) is 23.5. The number of aromatic nitrogens is 1. The minimum atomic E-state index is -0.702. The molecule has 2 bridgehead atoms. The molecule has 4 heteroatoms. The van der Waals surface area contributed by atoms with Crippen LogP contribution in [0, 0.1) is 5.92 Å². The highest BCUT2D eigenvalue weighted by Gasteiger charge is 2.53. The molecule has 1 aromatic heterocycles. The zero-order valence-corrected chi connectivity index (χ0v) is 9.28. The summed E-state index contributed by atoms with van der Waals surface area (Å²) in [5.74, 6) is 0.220. The van der Waals surface area contributed by atoms with Crippen LogP contribution in [0.5, 0.6) is 0 Å². The topological polar surface area (TPSA) is 53.4 Å². The van der Waals surface area contributed by atoms with Crippen LogP contribution in [-0.2, 0) is 0 Å². The Morgan fingerprint density at radius 3 is 2.67 bits per heavy atom. The predicted octanol–water partition coefficient (Wildman–Crippen LogP) is 1.52. The lowest BCUT2D eigenvalue weighted by Crippen LogP contribution is -2.54. The largest absolute Gasteiger partial charge is 0.392 e. The number of fused-ring (bicyclic) bond motifs is 3. The van der Waals surface area contributed by atoms with Crippen molar-refractivity contribution in [2.75, 3.05) is 0 Å². The minimum Gasteiger partial charge on any atom is -0.392 e. The fourth-order valence-electron chi connectivity index (χ4n) is 3.15. The smallest absolute Gasteiger partial charge is 0.101 e. The maximum absolute atomic E-state index is 10.5. The Morgan fingerprint density at radius 2 is 2.13 bits per heavy atom. The number of aliphatic hydroxyl groups is 2. The lowest BCUT2D eigenvalue weighted by Gasteiger charge is -2.51. The number of thiazole rings is 1. The molecular weight excluding hydrogens is 210 g/mol. The molecule has 3 fully saturated rings. The molecule has 0 radical (unpaired) electrons. The van der Waals surface area contributed by atoms with Crippen molar-refractivity contribution in [1.82, 2.24) is 4.98 Å². The maximum Gasteiger partial charge on any atom is 0.101 e. The SMILES string of the molecule is OC1C2CCC(O)(CC2)C1c1nccs1. The van der Waals surface area contributed by atoms with Gasteiger partial charge < -0.3 is 10.2 Å². The molecule has 3 aliphatic rings. The van der Waals surface area contributed by atoms with Gasteiger partial charge in [-0.25, -0.2) is 4.98 Å². The van der Waals surface area contributed by atoms with E-state index in [9.17, 15) is 10.2 Å². The Morgan fingerprint density at radius 1 is 1.40 bits per heavy atom. The van der Waals surface area contributed by atoms with Gasteiger partial charge in [-0.1, -0.05) is 0 Å². The Balaban J connectivity index is 2.00. The van der Waals surface area contributed by atoms with E-state index in [1.165, 1.54) is 0 Å². The van der Waals surface area contributed by atoms with Crippen LogP contribution >= 0.6 is 11.3 Å². The van der Waals surface area contributed by atoms with E-state index in [-0.39, 0.29) is 5.92 Å². The zero-order chi connectivity index (χ0) is 10.5. The Labute approximate surface area is 92.8 Å². The Hall–Kier alpha value is -0.450. The lowest BCUT2D eigenvalue weighted by molar-refractivity contribution is -0.135. The summed E-state index contributed by atoms with van der Waals surface area (Å²) in [6, 6.07) is 0. The van der Waals surface area contributed by atoms with E-state index < -0.39 is 11.7 Å². The molecule has 2 unspecified atom stereocenters. The van der Waals surface area contributed by atoms with Crippen LogP contribution < -0.4 is 0 Å². The van der Waals surface area contributed by atoms with E-state index in [1.807, 2.05) is 5.38 Å². The Kier molecular flexibility index (Phi) is 2.13. The van der Waals surface area contributed by atoms with Gasteiger partial charge in [0.05, 0.1) is 17.6 Å². The van der Waals surface area contributed by atoms with Gasteiger partial charge in [0.25, 0.3) is 0 Å². The quantitative estimate of drug-likeness (QED) is 0.762. The summed E-state index contributed by atoms with van der Waals surface area (Å²) in [7, 11) is 0. The van der Waals surface area contributed by atoms with Crippen LogP contribution in [0.25, 0.3) is 0 Å². The second kappa shape index (κ2) is 3.27. The number of hydrogen-bond acceptors (Lipinski definition) is 4. The van der Waals surface area contributed by atoms with Crippen LogP contribution in [0.15, 0.2) is 11.6 Å². The van der Waals surface area contributed by atoms with Crippen molar-refractivity contribution in [2.45, 2.75) is 43.3 Å². The van der Waals surface area contributed by atoms with Crippen molar-refractivity contribution in [1.29, 1.82) is 0 Å². The average Bonchev–Trinajstić information content (AvgIpc) is 2.71. The number of rotatable bonds is 1. The van der Waals surface area contributed by atoms with E-state index in [1.54, 1.807) is 17.5 Å². The van der Waals surface area contributed by atoms with Crippen molar-refractivity contribution in [3.05, 3.63) is 16.6 Å². The molecule has 3 nitrogen and oxygen atoms in total. The van der Waals surface area contributed by atoms with Gasteiger partial charge in [0.2, 0.25) is 0 Å². The summed E-state index contributed by atoms with van der Waals surface area (Å²) in [6.07, 6.45) is 4.90. The van der Waals surface area contributed by atoms with Gasteiger partial charge in [0, 0.05) is 11.6 Å². The normalized spacial score (nSPS) is 44.5. The monoisotopic (exact) mass is 225 g/mol. The summed E-state index contributed by atoms with van der Waals surface area (Å²) in [6.45, 7) is 0. The molecule has 0 aromatic carbocycles. The zero-order valence-electron chi connectivity index (χ0n) is 8.47. The third-order valence-electron chi connectivity index (χ3n) is 4.02. The fourth-order valence-corrected chi connectivity index (χ4v) is 4.03. The van der Waals surface area contributed by atoms with Crippen LogP contribution in [0.3, 0.4) is 0 Å². The molecule has 3 saturated carbocycles. The molecule has 1 heterocycles. The van der Waals surface area contributed by atoms with Crippen molar-refractivity contribution in [2.24, 2.45) is 5.92 Å². The molecule has 15 heavy (non-hydrogen) atoms. The highest BCUT2D eigenvalue weighted by atomic mass is 32.1. The minimum absolute atomic E-state index is 0.148. The number of nitrogens with zero attached hydrogens (tertiary/aromatic N) is 1.